The van der Waals surface area contributed by atoms with E-state index in [4.69, 9.17) is 0 Å². The van der Waals surface area contributed by atoms with Crippen LogP contribution in [0.5, 0.6) is 0 Å². The Labute approximate surface area is 167 Å². The van der Waals surface area contributed by atoms with Crippen molar-refractivity contribution in [2.45, 2.75) is 26.9 Å². The number of carbonyl (C=O) groups excluding carboxylic acids is 1. The number of benzene rings is 2. The summed E-state index contributed by atoms with van der Waals surface area (Å²) in [5.41, 5.74) is 2.55. The molecule has 3 aromatic rings. The van der Waals surface area contributed by atoms with Gasteiger partial charge in [-0.25, -0.2) is 4.99 Å². The maximum absolute atomic E-state index is 13.1. The zero-order valence-electron chi connectivity index (χ0n) is 16.7. The molecule has 0 amide bonds. The number of aryl methyl sites for hydroxylation is 2. The molecule has 0 saturated heterocycles. The number of nitrogens with zero attached hydrogens (tertiary/aromatic N) is 3. The van der Waals surface area contributed by atoms with Gasteiger partial charge in [-0.2, -0.15) is 13.2 Å². The third kappa shape index (κ3) is 4.18. The zero-order chi connectivity index (χ0) is 21.3. The second-order valence-electron chi connectivity index (χ2n) is 7.03. The number of hydrogen-bond acceptors (Lipinski definition) is 2. The molecular formula is C22H22F3N3O. The van der Waals surface area contributed by atoms with Crippen LogP contribution in [0.15, 0.2) is 47.6 Å². The summed E-state index contributed by atoms with van der Waals surface area (Å²) >= 11 is 0. The van der Waals surface area contributed by atoms with Gasteiger partial charge in [0.1, 0.15) is 0 Å². The van der Waals surface area contributed by atoms with E-state index in [0.717, 1.165) is 35.5 Å². The van der Waals surface area contributed by atoms with Crippen LogP contribution in [-0.2, 0) is 6.18 Å². The Hall–Kier alpha value is -3.09. The van der Waals surface area contributed by atoms with Crippen molar-refractivity contribution in [1.29, 1.82) is 0 Å². The van der Waals surface area contributed by atoms with Crippen molar-refractivity contribution in [3.63, 3.8) is 0 Å². The fourth-order valence-electron chi connectivity index (χ4n) is 3.04. The molecule has 0 atom stereocenters. The quantitative estimate of drug-likeness (QED) is 0.423. The largest absolute Gasteiger partial charge is 0.416 e. The summed E-state index contributed by atoms with van der Waals surface area (Å²) in [5.74, 6) is -0.290. The zero-order valence-corrected chi connectivity index (χ0v) is 16.7. The third-order valence-electron chi connectivity index (χ3n) is 4.90. The van der Waals surface area contributed by atoms with Crippen molar-refractivity contribution >= 4 is 28.8 Å². The van der Waals surface area contributed by atoms with E-state index < -0.39 is 11.7 Å². The second kappa shape index (κ2) is 7.73. The first kappa shape index (κ1) is 20.6. The third-order valence-corrected chi connectivity index (χ3v) is 4.90. The van der Waals surface area contributed by atoms with Gasteiger partial charge in [-0.15, -0.1) is 0 Å². The van der Waals surface area contributed by atoms with Crippen LogP contribution >= 0.6 is 0 Å². The molecule has 0 N–H and O–H groups in total. The van der Waals surface area contributed by atoms with Gasteiger partial charge in [0.15, 0.2) is 0 Å². The molecule has 3 rings (SSSR count). The molecule has 0 saturated carbocycles. The summed E-state index contributed by atoms with van der Waals surface area (Å²) in [6.45, 7) is 6.54. The minimum atomic E-state index is -4.42. The molecule has 29 heavy (non-hydrogen) atoms. The van der Waals surface area contributed by atoms with Crippen molar-refractivity contribution < 1.29 is 18.0 Å². The van der Waals surface area contributed by atoms with E-state index in [1.165, 1.54) is 22.9 Å². The molecule has 0 aliphatic rings. The first-order chi connectivity index (χ1) is 13.6. The van der Waals surface area contributed by atoms with E-state index in [-0.39, 0.29) is 5.91 Å². The van der Waals surface area contributed by atoms with Gasteiger partial charge in [-0.3, -0.25) is 9.36 Å². The normalized spacial score (nSPS) is 12.1. The van der Waals surface area contributed by atoms with Gasteiger partial charge in [-0.05, 0) is 68.3 Å². The number of halogens is 3. The Morgan fingerprint density at radius 3 is 2.52 bits per heavy atom. The highest BCUT2D eigenvalue weighted by molar-refractivity contribution is 6.03. The molecule has 1 heterocycles. The predicted octanol–water partition coefficient (Wildman–Crippen LogP) is 5.58. The molecule has 0 bridgehead atoms. The van der Waals surface area contributed by atoms with Crippen molar-refractivity contribution in [1.82, 2.24) is 9.47 Å². The lowest BCUT2D eigenvalue weighted by Crippen LogP contribution is -2.14. The Kier molecular flexibility index (Phi) is 5.50. The van der Waals surface area contributed by atoms with Gasteiger partial charge in [0.2, 0.25) is 0 Å². The summed E-state index contributed by atoms with van der Waals surface area (Å²) in [4.78, 5) is 19.5. The second-order valence-corrected chi connectivity index (χ2v) is 7.03. The molecule has 152 valence electrons. The Bertz CT molecular complexity index is 1100. The van der Waals surface area contributed by atoms with Gasteiger partial charge in [-0.1, -0.05) is 0 Å². The van der Waals surface area contributed by atoms with Gasteiger partial charge in [0.05, 0.1) is 23.1 Å². The Balaban J connectivity index is 1.98. The summed E-state index contributed by atoms with van der Waals surface area (Å²) in [7, 11) is 1.92. The van der Waals surface area contributed by atoms with Crippen molar-refractivity contribution in [3.05, 3.63) is 64.8 Å². The first-order valence-corrected chi connectivity index (χ1v) is 9.20. The maximum Gasteiger partial charge on any atom is 0.416 e. The standard InChI is InChI=1S/C22H22F3N3O/c1-5-27(4)13-26-19-11-14(2)18(10-15(19)3)21(29)28-9-8-16-12-17(22(23,24)25)6-7-20(16)28/h6-13H,5H2,1-4H3. The van der Waals surface area contributed by atoms with Crippen molar-refractivity contribution in [2.24, 2.45) is 4.99 Å². The topological polar surface area (TPSA) is 37.6 Å². The van der Waals surface area contributed by atoms with Crippen LogP contribution in [0.4, 0.5) is 18.9 Å². The molecule has 7 heteroatoms. The monoisotopic (exact) mass is 401 g/mol. The summed E-state index contributed by atoms with van der Waals surface area (Å²) in [6.07, 6.45) is -1.18. The molecule has 4 nitrogen and oxygen atoms in total. The maximum atomic E-state index is 13.1. The first-order valence-electron chi connectivity index (χ1n) is 9.20. The molecule has 0 fully saturated rings. The average molecular weight is 401 g/mol. The molecule has 0 spiro atoms. The highest BCUT2D eigenvalue weighted by atomic mass is 19.4. The van der Waals surface area contributed by atoms with Crippen LogP contribution in [0.3, 0.4) is 0 Å². The van der Waals surface area contributed by atoms with Crippen LogP contribution in [0, 0.1) is 13.8 Å². The van der Waals surface area contributed by atoms with Gasteiger partial charge >= 0.3 is 6.18 Å². The van der Waals surface area contributed by atoms with Gasteiger partial charge in [0.25, 0.3) is 5.91 Å². The van der Waals surface area contributed by atoms with Crippen LogP contribution in [-0.4, -0.2) is 35.3 Å². The van der Waals surface area contributed by atoms with E-state index >= 15 is 0 Å². The van der Waals surface area contributed by atoms with Crippen LogP contribution in [0.2, 0.25) is 0 Å². The smallest absolute Gasteiger partial charge is 0.366 e. The van der Waals surface area contributed by atoms with E-state index in [1.54, 1.807) is 12.4 Å². The van der Waals surface area contributed by atoms with E-state index in [9.17, 15) is 18.0 Å². The number of carbonyl (C=O) groups is 1. The number of hydrogen-bond donors (Lipinski definition) is 0. The van der Waals surface area contributed by atoms with E-state index in [1.807, 2.05) is 38.8 Å². The summed E-state index contributed by atoms with van der Waals surface area (Å²) < 4.78 is 40.2. The number of alkyl halides is 3. The molecular weight excluding hydrogens is 379 g/mol. The van der Waals surface area contributed by atoms with Crippen LogP contribution in [0.25, 0.3) is 10.9 Å². The molecule has 0 aliphatic heterocycles. The average Bonchev–Trinajstić information content (AvgIpc) is 3.10. The van der Waals surface area contributed by atoms with Crippen LogP contribution in [0.1, 0.15) is 34.0 Å². The summed E-state index contributed by atoms with van der Waals surface area (Å²) in [5, 5.41) is 0.367. The minimum absolute atomic E-state index is 0.290. The molecule has 2 aromatic carbocycles. The van der Waals surface area contributed by atoms with Gasteiger partial charge < -0.3 is 4.90 Å². The SMILES string of the molecule is CCN(C)C=Nc1cc(C)c(C(=O)n2ccc3cc(C(F)(F)F)ccc32)cc1C. The molecule has 0 aliphatic carbocycles. The minimum Gasteiger partial charge on any atom is -0.366 e. The molecule has 0 unspecified atom stereocenters. The Morgan fingerprint density at radius 2 is 1.86 bits per heavy atom. The highest BCUT2D eigenvalue weighted by Crippen LogP contribution is 2.32. The van der Waals surface area contributed by atoms with E-state index in [2.05, 4.69) is 4.99 Å². The fraction of sp³-hybridized carbons (Fsp3) is 0.273. The van der Waals surface area contributed by atoms with Crippen LogP contribution < -0.4 is 0 Å². The van der Waals surface area contributed by atoms with Crippen molar-refractivity contribution in [2.75, 3.05) is 13.6 Å². The fourth-order valence-corrected chi connectivity index (χ4v) is 3.04. The predicted molar refractivity (Wildman–Crippen MR) is 109 cm³/mol. The van der Waals surface area contributed by atoms with E-state index in [0.29, 0.717) is 16.5 Å². The molecule has 1 aromatic heterocycles. The summed E-state index contributed by atoms with van der Waals surface area (Å²) in [6, 6.07) is 8.51. The lowest BCUT2D eigenvalue weighted by molar-refractivity contribution is -0.137. The lowest BCUT2D eigenvalue weighted by atomic mass is 10.0. The highest BCUT2D eigenvalue weighted by Gasteiger charge is 2.30. The van der Waals surface area contributed by atoms with Crippen molar-refractivity contribution in [3.8, 4) is 0 Å². The number of aromatic nitrogens is 1. The number of fused-ring (bicyclic) bond motifs is 1. The Morgan fingerprint density at radius 1 is 1.14 bits per heavy atom. The lowest BCUT2D eigenvalue weighted by Gasteiger charge is -2.12. The number of rotatable bonds is 4. The molecule has 0 radical (unpaired) electrons. The van der Waals surface area contributed by atoms with Gasteiger partial charge in [0, 0.05) is 30.7 Å². The number of aliphatic imine (C=N–C) groups is 1.